The first-order valence-electron chi connectivity index (χ1n) is 24.1. The van der Waals surface area contributed by atoms with Crippen molar-refractivity contribution < 1.29 is 28.8 Å². The van der Waals surface area contributed by atoms with Gasteiger partial charge in [-0.15, -0.1) is 0 Å². The molecule has 0 N–H and O–H groups in total. The van der Waals surface area contributed by atoms with Crippen molar-refractivity contribution in [2.24, 2.45) is 0 Å². The van der Waals surface area contributed by atoms with Crippen LogP contribution in [0.2, 0.25) is 0 Å². The zero-order chi connectivity index (χ0) is 37.1. The third kappa shape index (κ3) is 41.2. The molecule has 0 radical (unpaired) electrons. The first-order valence-corrected chi connectivity index (χ1v) is 24.1. The zero-order valence-corrected chi connectivity index (χ0v) is 36.7. The van der Waals surface area contributed by atoms with E-state index in [1.807, 2.05) is 6.92 Å². The summed E-state index contributed by atoms with van der Waals surface area (Å²) in [5, 5.41) is 11.8. The van der Waals surface area contributed by atoms with Gasteiger partial charge in [-0.1, -0.05) is 265 Å². The minimum atomic E-state index is -0.876. The molecule has 0 aliphatic heterocycles. The van der Waals surface area contributed by atoms with Gasteiger partial charge in [-0.05, 0) is 32.4 Å². The maximum atomic E-state index is 11.8. The van der Waals surface area contributed by atoms with E-state index in [0.29, 0.717) is 6.42 Å². The number of unbranched alkanes of at least 4 members (excludes halogenated alkanes) is 38. The Balaban J connectivity index is 0. The van der Waals surface area contributed by atoms with Crippen molar-refractivity contribution >= 4 is 5.97 Å². The maximum absolute atomic E-state index is 11.8. The normalized spacial score (nSPS) is 12.1. The van der Waals surface area contributed by atoms with Crippen molar-refractivity contribution in [3.63, 3.8) is 0 Å². The zero-order valence-electron chi connectivity index (χ0n) is 36.7. The van der Waals surface area contributed by atoms with Crippen LogP contribution in [0.3, 0.4) is 0 Å². The number of carbonyl (C=O) groups excluding carboxylic acids is 1. The van der Waals surface area contributed by atoms with E-state index in [9.17, 15) is 9.90 Å². The average molecular weight is 726 g/mol. The Morgan fingerprint density at radius 2 is 0.519 bits per heavy atom. The fraction of sp³-hybridized carbons (Fsp3) is 0.979. The predicted molar refractivity (Wildman–Crippen MR) is 227 cm³/mol. The molecule has 4 heteroatoms. The van der Waals surface area contributed by atoms with Crippen molar-refractivity contribution in [3.8, 4) is 0 Å². The molecule has 0 aliphatic rings. The summed E-state index contributed by atoms with van der Waals surface area (Å²) in [5.74, 6) is -0.876. The van der Waals surface area contributed by atoms with Gasteiger partial charge in [-0.2, -0.15) is 0 Å². The van der Waals surface area contributed by atoms with Crippen molar-refractivity contribution in [1.82, 2.24) is 4.90 Å². The largest absolute Gasteiger partial charge is 1.00 e. The molecule has 0 heterocycles. The molecule has 0 fully saturated rings. The molecule has 0 rings (SSSR count). The number of carboxylic acid groups (broad SMARTS) is 1. The van der Waals surface area contributed by atoms with E-state index < -0.39 is 12.0 Å². The summed E-state index contributed by atoms with van der Waals surface area (Å²) in [6, 6.07) is -0.411. The molecule has 0 aromatic rings. The second-order valence-electron chi connectivity index (χ2n) is 16.7. The van der Waals surface area contributed by atoms with Crippen molar-refractivity contribution in [3.05, 3.63) is 0 Å². The first-order chi connectivity index (χ1) is 25.2. The maximum Gasteiger partial charge on any atom is 1.00 e. The standard InChI is InChI=1S/C48H97NO2.Li/c1-4-7-9-11-13-15-17-19-21-23-25-27-29-31-33-35-37-39-41-43-45-49(47(6-3)48(50)51)46-44-42-40-38-36-34-32-30-28-26-24-22-20-18-16-14-12-10-8-5-2;/h47H,4-46H2,1-3H3,(H,50,51);/q;+1/p-1. The molecule has 0 spiro atoms. The monoisotopic (exact) mass is 726 g/mol. The smallest absolute Gasteiger partial charge is 0.548 e. The van der Waals surface area contributed by atoms with Crippen LogP contribution in [0.5, 0.6) is 0 Å². The number of hydrogen-bond acceptors (Lipinski definition) is 3. The van der Waals surface area contributed by atoms with Gasteiger partial charge < -0.3 is 9.90 Å². The van der Waals surface area contributed by atoms with Gasteiger partial charge in [-0.3, -0.25) is 4.90 Å². The van der Waals surface area contributed by atoms with Crippen LogP contribution in [0.4, 0.5) is 0 Å². The van der Waals surface area contributed by atoms with Gasteiger partial charge in [0, 0.05) is 6.04 Å². The Bertz CT molecular complexity index is 614. The van der Waals surface area contributed by atoms with E-state index in [4.69, 9.17) is 0 Å². The summed E-state index contributed by atoms with van der Waals surface area (Å²) in [6.45, 7) is 8.44. The quantitative estimate of drug-likeness (QED) is 0.0464. The van der Waals surface area contributed by atoms with Gasteiger partial charge in [0.2, 0.25) is 0 Å². The van der Waals surface area contributed by atoms with Crippen LogP contribution in [0.15, 0.2) is 0 Å². The van der Waals surface area contributed by atoms with Gasteiger partial charge >= 0.3 is 18.9 Å². The van der Waals surface area contributed by atoms with Crippen LogP contribution in [-0.4, -0.2) is 30.0 Å². The van der Waals surface area contributed by atoms with Crippen molar-refractivity contribution in [2.45, 2.75) is 290 Å². The number of carboxylic acids is 1. The molecule has 0 amide bonds. The third-order valence-corrected chi connectivity index (χ3v) is 11.7. The van der Waals surface area contributed by atoms with Crippen LogP contribution in [0.25, 0.3) is 0 Å². The van der Waals surface area contributed by atoms with Crippen LogP contribution in [0, 0.1) is 0 Å². The Kier molecular flexibility index (Phi) is 49.1. The molecule has 306 valence electrons. The molecular formula is C48H96LiNO2. The summed E-state index contributed by atoms with van der Waals surface area (Å²) in [5.41, 5.74) is 0. The van der Waals surface area contributed by atoms with Crippen LogP contribution in [0.1, 0.15) is 284 Å². The molecule has 0 aliphatic carbocycles. The van der Waals surface area contributed by atoms with Crippen LogP contribution in [-0.2, 0) is 4.79 Å². The SMILES string of the molecule is CCCCCCCCCCCCCCCCCCCCCCN(CCCCCCCCCCCCCCCCCCCCCC)C(CC)C(=O)[O-].[Li+]. The number of rotatable bonds is 45. The Morgan fingerprint density at radius 3 is 0.673 bits per heavy atom. The topological polar surface area (TPSA) is 43.4 Å². The van der Waals surface area contributed by atoms with E-state index in [-0.39, 0.29) is 18.9 Å². The second-order valence-corrected chi connectivity index (χ2v) is 16.7. The van der Waals surface area contributed by atoms with E-state index in [1.54, 1.807) is 0 Å². The van der Waals surface area contributed by atoms with Crippen LogP contribution >= 0.6 is 0 Å². The molecule has 52 heavy (non-hydrogen) atoms. The second kappa shape index (κ2) is 47.2. The van der Waals surface area contributed by atoms with Crippen LogP contribution < -0.4 is 24.0 Å². The summed E-state index contributed by atoms with van der Waals surface area (Å²) < 4.78 is 0. The Morgan fingerprint density at radius 1 is 0.346 bits per heavy atom. The van der Waals surface area contributed by atoms with Gasteiger partial charge in [-0.25, -0.2) is 0 Å². The van der Waals surface area contributed by atoms with Gasteiger partial charge in [0.1, 0.15) is 0 Å². The minimum Gasteiger partial charge on any atom is -0.548 e. The molecule has 0 bridgehead atoms. The molecule has 1 unspecified atom stereocenters. The van der Waals surface area contributed by atoms with Crippen molar-refractivity contribution in [2.75, 3.05) is 13.1 Å². The summed E-state index contributed by atoms with van der Waals surface area (Å²) >= 11 is 0. The summed E-state index contributed by atoms with van der Waals surface area (Å²) in [7, 11) is 0. The predicted octanol–water partition coefficient (Wildman–Crippen LogP) is 12.5. The molecule has 3 nitrogen and oxygen atoms in total. The average Bonchev–Trinajstić information content (AvgIpc) is 3.13. The van der Waals surface area contributed by atoms with E-state index in [1.165, 1.54) is 244 Å². The van der Waals surface area contributed by atoms with Gasteiger partial charge in [0.25, 0.3) is 0 Å². The van der Waals surface area contributed by atoms with Crippen molar-refractivity contribution in [1.29, 1.82) is 0 Å². The van der Waals surface area contributed by atoms with Gasteiger partial charge in [0.05, 0.1) is 5.97 Å². The Labute approximate surface area is 341 Å². The molecular weight excluding hydrogens is 629 g/mol. The van der Waals surface area contributed by atoms with E-state index >= 15 is 0 Å². The first kappa shape index (κ1) is 54.1. The molecule has 0 saturated heterocycles. The van der Waals surface area contributed by atoms with E-state index in [2.05, 4.69) is 18.7 Å². The number of carbonyl (C=O) groups is 1. The summed E-state index contributed by atoms with van der Waals surface area (Å²) in [6.07, 6.45) is 56.4. The third-order valence-electron chi connectivity index (χ3n) is 11.7. The molecule has 0 saturated carbocycles. The molecule has 0 aromatic carbocycles. The fourth-order valence-electron chi connectivity index (χ4n) is 8.14. The molecule has 0 aromatic heterocycles. The number of nitrogens with zero attached hydrogens (tertiary/aromatic N) is 1. The van der Waals surface area contributed by atoms with E-state index in [0.717, 1.165) is 25.9 Å². The van der Waals surface area contributed by atoms with Gasteiger partial charge in [0.15, 0.2) is 0 Å². The number of aliphatic carboxylic acids is 1. The molecule has 1 atom stereocenters. The summed E-state index contributed by atoms with van der Waals surface area (Å²) in [4.78, 5) is 14.1. The Hall–Kier alpha value is 0.0274. The number of hydrogen-bond donors (Lipinski definition) is 0. The minimum absolute atomic E-state index is 0. The fourth-order valence-corrected chi connectivity index (χ4v) is 8.14.